The third kappa shape index (κ3) is 3.66. The molecule has 2 rings (SSSR count). The molecule has 0 bridgehead atoms. The number of carbonyl (C=O) groups is 1. The summed E-state index contributed by atoms with van der Waals surface area (Å²) in [4.78, 5) is 11.7. The minimum absolute atomic E-state index is 0.0172. The highest BCUT2D eigenvalue weighted by Crippen LogP contribution is 2.27. The smallest absolute Gasteiger partial charge is 0.342 e. The standard InChI is InChI=1S/C16H20N2O5S/c1-10-14(16(19)22-3)15(11(2)23-10)24(20,21)18-9-13(17)12-7-5-4-6-8-12/h4-8,13,18H,9,17H2,1-3H3. The minimum atomic E-state index is -3.98. The Morgan fingerprint density at radius 1 is 1.25 bits per heavy atom. The number of benzene rings is 1. The van der Waals surface area contributed by atoms with Gasteiger partial charge in [0, 0.05) is 12.6 Å². The Bertz CT molecular complexity index is 828. The van der Waals surface area contributed by atoms with E-state index in [4.69, 9.17) is 10.2 Å². The molecule has 7 nitrogen and oxygen atoms in total. The van der Waals surface area contributed by atoms with Crippen LogP contribution in [0, 0.1) is 13.8 Å². The van der Waals surface area contributed by atoms with Crippen LogP contribution < -0.4 is 10.5 Å². The number of hydrogen-bond donors (Lipinski definition) is 2. The Morgan fingerprint density at radius 2 is 1.88 bits per heavy atom. The molecule has 24 heavy (non-hydrogen) atoms. The molecule has 0 spiro atoms. The molecule has 8 heteroatoms. The molecule has 1 heterocycles. The van der Waals surface area contributed by atoms with Crippen molar-refractivity contribution in [3.63, 3.8) is 0 Å². The van der Waals surface area contributed by atoms with Gasteiger partial charge in [-0.25, -0.2) is 17.9 Å². The molecule has 3 N–H and O–H groups in total. The van der Waals surface area contributed by atoms with Gasteiger partial charge in [0.15, 0.2) is 0 Å². The molecule has 1 aromatic heterocycles. The third-order valence-corrected chi connectivity index (χ3v) is 5.16. The van der Waals surface area contributed by atoms with Gasteiger partial charge in [0.05, 0.1) is 7.11 Å². The third-order valence-electron chi connectivity index (χ3n) is 3.58. The number of furan rings is 1. The number of carbonyl (C=O) groups excluding carboxylic acids is 1. The van der Waals surface area contributed by atoms with Crippen molar-refractivity contribution in [3.8, 4) is 0 Å². The fourth-order valence-corrected chi connectivity index (χ4v) is 3.87. The lowest BCUT2D eigenvalue weighted by atomic mass is 10.1. The number of ether oxygens (including phenoxy) is 1. The minimum Gasteiger partial charge on any atom is -0.465 e. The number of nitrogens with two attached hydrogens (primary N) is 1. The molecule has 0 aliphatic carbocycles. The molecular weight excluding hydrogens is 332 g/mol. The number of esters is 1. The lowest BCUT2D eigenvalue weighted by Crippen LogP contribution is -2.33. The molecule has 0 saturated heterocycles. The summed E-state index contributed by atoms with van der Waals surface area (Å²) in [6, 6.07) is 8.60. The van der Waals surface area contributed by atoms with Crippen molar-refractivity contribution in [2.45, 2.75) is 24.8 Å². The van der Waals surface area contributed by atoms with Gasteiger partial charge in [-0.2, -0.15) is 0 Å². The van der Waals surface area contributed by atoms with Gasteiger partial charge in [-0.05, 0) is 19.4 Å². The van der Waals surface area contributed by atoms with Gasteiger partial charge in [0.1, 0.15) is 22.0 Å². The summed E-state index contributed by atoms with van der Waals surface area (Å²) >= 11 is 0. The quantitative estimate of drug-likeness (QED) is 0.765. The topological polar surface area (TPSA) is 112 Å². The van der Waals surface area contributed by atoms with Crippen LogP contribution in [0.4, 0.5) is 0 Å². The van der Waals surface area contributed by atoms with Crippen molar-refractivity contribution in [3.05, 3.63) is 53.0 Å². The molecule has 0 aliphatic heterocycles. The zero-order valence-electron chi connectivity index (χ0n) is 13.7. The largest absolute Gasteiger partial charge is 0.465 e. The average Bonchev–Trinajstić information content (AvgIpc) is 2.87. The second-order valence-corrected chi connectivity index (χ2v) is 6.98. The first-order chi connectivity index (χ1) is 11.3. The summed E-state index contributed by atoms with van der Waals surface area (Å²) < 4.78 is 37.6. The number of aryl methyl sites for hydroxylation is 2. The van der Waals surface area contributed by atoms with Gasteiger partial charge < -0.3 is 14.9 Å². The highest BCUT2D eigenvalue weighted by molar-refractivity contribution is 7.89. The molecule has 0 fully saturated rings. The van der Waals surface area contributed by atoms with Gasteiger partial charge in [-0.3, -0.25) is 0 Å². The Morgan fingerprint density at radius 3 is 2.46 bits per heavy atom. The SMILES string of the molecule is COC(=O)c1c(C)oc(C)c1S(=O)(=O)NCC(N)c1ccccc1. The summed E-state index contributed by atoms with van der Waals surface area (Å²) in [5.41, 5.74) is 6.70. The van der Waals surface area contributed by atoms with E-state index in [9.17, 15) is 13.2 Å². The van der Waals surface area contributed by atoms with Gasteiger partial charge in [-0.1, -0.05) is 30.3 Å². The number of sulfonamides is 1. The Labute approximate surface area is 140 Å². The predicted molar refractivity (Wildman–Crippen MR) is 88.1 cm³/mol. The molecule has 1 unspecified atom stereocenters. The number of rotatable bonds is 6. The Balaban J connectivity index is 2.27. The van der Waals surface area contributed by atoms with Crippen LogP contribution in [0.5, 0.6) is 0 Å². The summed E-state index contributed by atoms with van der Waals surface area (Å²) in [6.45, 7) is 2.97. The van der Waals surface area contributed by atoms with E-state index < -0.39 is 22.0 Å². The lowest BCUT2D eigenvalue weighted by molar-refractivity contribution is 0.0595. The van der Waals surface area contributed by atoms with E-state index in [1.165, 1.54) is 21.0 Å². The summed E-state index contributed by atoms with van der Waals surface area (Å²) in [6.07, 6.45) is 0. The lowest BCUT2D eigenvalue weighted by Gasteiger charge is -2.13. The first-order valence-corrected chi connectivity index (χ1v) is 8.74. The molecule has 2 aromatic rings. The van der Waals surface area contributed by atoms with Crippen molar-refractivity contribution in [2.24, 2.45) is 5.73 Å². The summed E-state index contributed by atoms with van der Waals surface area (Å²) in [5, 5.41) is 0. The maximum Gasteiger partial charge on any atom is 0.342 e. The number of nitrogens with one attached hydrogen (secondary N) is 1. The molecule has 1 aromatic carbocycles. The van der Waals surface area contributed by atoms with E-state index in [0.717, 1.165) is 5.56 Å². The summed E-state index contributed by atoms with van der Waals surface area (Å²) in [5.74, 6) is -0.460. The molecule has 130 valence electrons. The second kappa shape index (κ2) is 7.16. The van der Waals surface area contributed by atoms with Crippen LogP contribution >= 0.6 is 0 Å². The second-order valence-electron chi connectivity index (χ2n) is 5.28. The first-order valence-electron chi connectivity index (χ1n) is 7.26. The van der Waals surface area contributed by atoms with Gasteiger partial charge >= 0.3 is 5.97 Å². The molecule has 0 aliphatic rings. The number of hydrogen-bond acceptors (Lipinski definition) is 6. The number of methoxy groups -OCH3 is 1. The zero-order chi connectivity index (χ0) is 17.9. The maximum absolute atomic E-state index is 12.6. The van der Waals surface area contributed by atoms with Crippen molar-refractivity contribution in [2.75, 3.05) is 13.7 Å². The Kier molecular flexibility index (Phi) is 5.43. The first kappa shape index (κ1) is 18.2. The fraction of sp³-hybridized carbons (Fsp3) is 0.312. The molecular formula is C16H20N2O5S. The van der Waals surface area contributed by atoms with Crippen molar-refractivity contribution < 1.29 is 22.4 Å². The van der Waals surface area contributed by atoms with E-state index in [0.29, 0.717) is 0 Å². The van der Waals surface area contributed by atoms with Crippen LogP contribution in [-0.2, 0) is 14.8 Å². The van der Waals surface area contributed by atoms with Crippen LogP contribution in [0.1, 0.15) is 33.5 Å². The monoisotopic (exact) mass is 352 g/mol. The van der Waals surface area contributed by atoms with E-state index in [-0.39, 0.29) is 28.5 Å². The van der Waals surface area contributed by atoms with Crippen molar-refractivity contribution in [1.29, 1.82) is 0 Å². The molecule has 0 amide bonds. The van der Waals surface area contributed by atoms with Crippen LogP contribution in [-0.4, -0.2) is 28.0 Å². The Hall–Kier alpha value is -2.16. The maximum atomic E-state index is 12.6. The highest BCUT2D eigenvalue weighted by Gasteiger charge is 2.31. The van der Waals surface area contributed by atoms with Gasteiger partial charge in [-0.15, -0.1) is 0 Å². The van der Waals surface area contributed by atoms with E-state index in [1.54, 1.807) is 0 Å². The molecule has 0 radical (unpaired) electrons. The van der Waals surface area contributed by atoms with E-state index >= 15 is 0 Å². The van der Waals surface area contributed by atoms with Gasteiger partial charge in [0.2, 0.25) is 10.0 Å². The van der Waals surface area contributed by atoms with Crippen LogP contribution in [0.2, 0.25) is 0 Å². The van der Waals surface area contributed by atoms with Crippen molar-refractivity contribution in [1.82, 2.24) is 4.72 Å². The van der Waals surface area contributed by atoms with E-state index in [2.05, 4.69) is 9.46 Å². The van der Waals surface area contributed by atoms with Crippen LogP contribution in [0.15, 0.2) is 39.6 Å². The summed E-state index contributed by atoms with van der Waals surface area (Å²) in [7, 11) is -2.80. The van der Waals surface area contributed by atoms with Crippen LogP contribution in [0.3, 0.4) is 0 Å². The highest BCUT2D eigenvalue weighted by atomic mass is 32.2. The fourth-order valence-electron chi connectivity index (χ4n) is 2.41. The van der Waals surface area contributed by atoms with Crippen LogP contribution in [0.25, 0.3) is 0 Å². The molecule has 1 atom stereocenters. The predicted octanol–water partition coefficient (Wildman–Crippen LogP) is 1.66. The van der Waals surface area contributed by atoms with E-state index in [1.807, 2.05) is 30.3 Å². The normalized spacial score (nSPS) is 12.8. The average molecular weight is 352 g/mol. The van der Waals surface area contributed by atoms with Crippen molar-refractivity contribution >= 4 is 16.0 Å². The zero-order valence-corrected chi connectivity index (χ0v) is 14.5. The molecule has 0 saturated carbocycles. The van der Waals surface area contributed by atoms with Gasteiger partial charge in [0.25, 0.3) is 0 Å².